The van der Waals surface area contributed by atoms with Crippen LogP contribution in [0.15, 0.2) is 24.3 Å². The van der Waals surface area contributed by atoms with Gasteiger partial charge in [0.15, 0.2) is 0 Å². The summed E-state index contributed by atoms with van der Waals surface area (Å²) >= 11 is 0. The van der Waals surface area contributed by atoms with Crippen molar-refractivity contribution in [3.05, 3.63) is 35.4 Å². The summed E-state index contributed by atoms with van der Waals surface area (Å²) in [6.45, 7) is 2.52. The van der Waals surface area contributed by atoms with Crippen molar-refractivity contribution >= 4 is 11.9 Å². The summed E-state index contributed by atoms with van der Waals surface area (Å²) in [5, 5.41) is 8.95. The van der Waals surface area contributed by atoms with Gasteiger partial charge in [0, 0.05) is 12.5 Å². The van der Waals surface area contributed by atoms with Crippen LogP contribution in [-0.2, 0) is 26.9 Å². The number of benzene rings is 1. The minimum absolute atomic E-state index is 0.172. The van der Waals surface area contributed by atoms with Gasteiger partial charge in [-0.05, 0) is 24.1 Å². The van der Waals surface area contributed by atoms with Crippen LogP contribution in [0.25, 0.3) is 0 Å². The molecule has 0 bridgehead atoms. The number of nitrogens with zero attached hydrogens (tertiary/aromatic N) is 1. The minimum Gasteiger partial charge on any atom is -0.481 e. The predicted octanol–water partition coefficient (Wildman–Crippen LogP) is 2.59. The molecule has 2 atom stereocenters. The Bertz CT molecular complexity index is 615. The molecule has 5 nitrogen and oxygen atoms in total. The molecule has 1 fully saturated rings. The predicted molar refractivity (Wildman–Crippen MR) is 82.9 cm³/mol. The molecule has 0 aliphatic carbocycles. The van der Waals surface area contributed by atoms with Gasteiger partial charge in [-0.15, -0.1) is 0 Å². The molecule has 2 rings (SSSR count). The highest BCUT2D eigenvalue weighted by atomic mass is 19.4. The first kappa shape index (κ1) is 19.2. The van der Waals surface area contributed by atoms with Crippen LogP contribution in [0.1, 0.15) is 24.5 Å². The molecule has 0 radical (unpaired) electrons. The quantitative estimate of drug-likeness (QED) is 0.878. The number of alkyl halides is 3. The van der Waals surface area contributed by atoms with Crippen molar-refractivity contribution in [2.45, 2.75) is 32.0 Å². The fourth-order valence-electron chi connectivity index (χ4n) is 2.87. The van der Waals surface area contributed by atoms with E-state index in [4.69, 9.17) is 9.84 Å². The van der Waals surface area contributed by atoms with Crippen LogP contribution < -0.4 is 0 Å². The molecule has 1 aromatic rings. The third kappa shape index (κ3) is 5.19. The molecule has 1 saturated heterocycles. The summed E-state index contributed by atoms with van der Waals surface area (Å²) in [5.74, 6) is -1.69. The van der Waals surface area contributed by atoms with Gasteiger partial charge < -0.3 is 14.7 Å². The van der Waals surface area contributed by atoms with Crippen molar-refractivity contribution in [1.82, 2.24) is 4.90 Å². The number of carboxylic acid groups (broad SMARTS) is 1. The average Bonchev–Trinajstić information content (AvgIpc) is 2.54. The van der Waals surface area contributed by atoms with Gasteiger partial charge in [-0.1, -0.05) is 19.1 Å². The molecule has 1 aromatic carbocycles. The van der Waals surface area contributed by atoms with Gasteiger partial charge >= 0.3 is 12.1 Å². The van der Waals surface area contributed by atoms with Crippen LogP contribution in [0.3, 0.4) is 0 Å². The summed E-state index contributed by atoms with van der Waals surface area (Å²) in [7, 11) is 0. The largest absolute Gasteiger partial charge is 0.481 e. The number of carbonyl (C=O) groups is 2. The molecular formula is C17H20F3NO4. The average molecular weight is 359 g/mol. The second kappa shape index (κ2) is 7.86. The van der Waals surface area contributed by atoms with Crippen molar-refractivity contribution in [2.75, 3.05) is 19.8 Å². The van der Waals surface area contributed by atoms with Gasteiger partial charge in [-0.2, -0.15) is 13.2 Å². The fourth-order valence-corrected chi connectivity index (χ4v) is 2.87. The van der Waals surface area contributed by atoms with Crippen LogP contribution in [0.4, 0.5) is 13.2 Å². The first-order valence-corrected chi connectivity index (χ1v) is 7.94. The highest BCUT2D eigenvalue weighted by Gasteiger charge is 2.32. The third-order valence-corrected chi connectivity index (χ3v) is 4.17. The fraction of sp³-hybridized carbons (Fsp3) is 0.529. The number of amides is 1. The Hall–Kier alpha value is -2.09. The number of aliphatic carboxylic acids is 1. The van der Waals surface area contributed by atoms with Crippen molar-refractivity contribution in [2.24, 2.45) is 5.92 Å². The van der Waals surface area contributed by atoms with E-state index in [2.05, 4.69) is 0 Å². The molecule has 138 valence electrons. The van der Waals surface area contributed by atoms with Crippen molar-refractivity contribution in [3.63, 3.8) is 0 Å². The zero-order valence-electron chi connectivity index (χ0n) is 13.8. The number of ether oxygens (including phenoxy) is 1. The maximum atomic E-state index is 12.6. The van der Waals surface area contributed by atoms with E-state index in [0.717, 1.165) is 12.1 Å². The maximum Gasteiger partial charge on any atom is 0.416 e. The van der Waals surface area contributed by atoms with Gasteiger partial charge in [-0.3, -0.25) is 9.59 Å². The van der Waals surface area contributed by atoms with Gasteiger partial charge in [0.25, 0.3) is 0 Å². The molecule has 1 aliphatic heterocycles. The van der Waals surface area contributed by atoms with Gasteiger partial charge in [0.05, 0.1) is 31.2 Å². The summed E-state index contributed by atoms with van der Waals surface area (Å²) in [6.07, 6.45) is -4.30. The van der Waals surface area contributed by atoms with Crippen LogP contribution in [-0.4, -0.2) is 47.7 Å². The molecule has 0 saturated carbocycles. The van der Waals surface area contributed by atoms with E-state index in [0.29, 0.717) is 18.7 Å². The smallest absolute Gasteiger partial charge is 0.416 e. The van der Waals surface area contributed by atoms with Crippen LogP contribution in [0, 0.1) is 5.92 Å². The van der Waals surface area contributed by atoms with E-state index < -0.39 is 29.7 Å². The first-order chi connectivity index (χ1) is 11.7. The lowest BCUT2D eigenvalue weighted by Crippen LogP contribution is -2.51. The van der Waals surface area contributed by atoms with Crippen molar-refractivity contribution in [1.29, 1.82) is 0 Å². The number of carboxylic acids is 1. The number of hydrogen-bond donors (Lipinski definition) is 1. The molecule has 1 N–H and O–H groups in total. The Kier molecular flexibility index (Phi) is 6.05. The van der Waals surface area contributed by atoms with Crippen LogP contribution in [0.2, 0.25) is 0 Å². The maximum absolute atomic E-state index is 12.6. The van der Waals surface area contributed by atoms with Crippen molar-refractivity contribution < 1.29 is 32.6 Å². The zero-order chi connectivity index (χ0) is 18.6. The Morgan fingerprint density at radius 1 is 1.32 bits per heavy atom. The number of rotatable bonds is 5. The third-order valence-electron chi connectivity index (χ3n) is 4.17. The minimum atomic E-state index is -4.39. The van der Waals surface area contributed by atoms with E-state index in [1.54, 1.807) is 6.92 Å². The first-order valence-electron chi connectivity index (χ1n) is 7.94. The summed E-state index contributed by atoms with van der Waals surface area (Å²) < 4.78 is 43.0. The molecule has 2 unspecified atom stereocenters. The summed E-state index contributed by atoms with van der Waals surface area (Å²) in [5.41, 5.74) is -0.109. The lowest BCUT2D eigenvalue weighted by molar-refractivity contribution is -0.148. The van der Waals surface area contributed by atoms with E-state index >= 15 is 0 Å². The van der Waals surface area contributed by atoms with E-state index in [-0.39, 0.29) is 25.4 Å². The Morgan fingerprint density at radius 3 is 2.52 bits per heavy atom. The number of halogens is 3. The highest BCUT2D eigenvalue weighted by molar-refractivity contribution is 5.80. The van der Waals surface area contributed by atoms with Gasteiger partial charge in [-0.25, -0.2) is 0 Å². The monoisotopic (exact) mass is 359 g/mol. The Balaban J connectivity index is 2.02. The lowest BCUT2D eigenvalue weighted by Gasteiger charge is -2.36. The van der Waals surface area contributed by atoms with Crippen molar-refractivity contribution in [3.8, 4) is 0 Å². The number of hydrogen-bond acceptors (Lipinski definition) is 3. The summed E-state index contributed by atoms with van der Waals surface area (Å²) in [4.78, 5) is 25.0. The SMILES string of the molecule is CC(Cc1ccc(C(F)(F)F)cc1)C(=O)N1CCOCC1CC(=O)O. The highest BCUT2D eigenvalue weighted by Crippen LogP contribution is 2.29. The number of morpholine rings is 1. The second-order valence-corrected chi connectivity index (χ2v) is 6.16. The molecular weight excluding hydrogens is 339 g/mol. The van der Waals surface area contributed by atoms with E-state index in [1.165, 1.54) is 17.0 Å². The molecule has 0 spiro atoms. The molecule has 8 heteroatoms. The summed E-state index contributed by atoms with van der Waals surface area (Å²) in [6, 6.07) is 4.19. The molecule has 0 aromatic heterocycles. The van der Waals surface area contributed by atoms with Gasteiger partial charge in [0.1, 0.15) is 0 Å². The Labute approximate surface area is 143 Å². The second-order valence-electron chi connectivity index (χ2n) is 6.16. The lowest BCUT2D eigenvalue weighted by atomic mass is 9.97. The van der Waals surface area contributed by atoms with E-state index in [1.807, 2.05) is 0 Å². The van der Waals surface area contributed by atoms with E-state index in [9.17, 15) is 22.8 Å². The van der Waals surface area contributed by atoms with Gasteiger partial charge in [0.2, 0.25) is 5.91 Å². The topological polar surface area (TPSA) is 66.8 Å². The standard InChI is InChI=1S/C17H20F3NO4/c1-11(8-12-2-4-13(5-3-12)17(18,19)20)16(24)21-6-7-25-10-14(21)9-15(22)23/h2-5,11,14H,6-10H2,1H3,(H,22,23). The van der Waals surface area contributed by atoms with Crippen LogP contribution >= 0.6 is 0 Å². The molecule has 1 aliphatic rings. The number of carbonyl (C=O) groups excluding carboxylic acids is 1. The molecule has 25 heavy (non-hydrogen) atoms. The molecule has 1 amide bonds. The zero-order valence-corrected chi connectivity index (χ0v) is 13.8. The molecule has 1 heterocycles. The van der Waals surface area contributed by atoms with Crippen LogP contribution in [0.5, 0.6) is 0 Å². The normalized spacial score (nSPS) is 19.5. The Morgan fingerprint density at radius 2 is 1.96 bits per heavy atom.